The smallest absolute Gasteiger partial charge is 0.338 e. The molecule has 0 unspecified atom stereocenters. The van der Waals surface area contributed by atoms with Crippen LogP contribution in [0.25, 0.3) is 11.1 Å². The first-order chi connectivity index (χ1) is 24.2. The summed E-state index contributed by atoms with van der Waals surface area (Å²) in [4.78, 5) is 59.1. The Morgan fingerprint density at radius 1 is 1.00 bits per heavy atom. The lowest BCUT2D eigenvalue weighted by molar-refractivity contribution is -0.765. The number of carbonyl (C=O) groups is 2. The standard InChI is InChI=1S/C35H33N3O11S/c1-44-29-16-20-11-13-26(25-17-28(39)30(50-4)14-12-24(25)31(20)33(46-3)32(29)45-2)37-34(40)27-10-6-8-22(36-27)18-47-35(41)21-7-5-9-23(15-21)48-19-49-38(42)43/h5-10,12,14-17,26H,11,13,18-19H2,1-4H3,(H,37,40)/t26-/m0/s1. The molecule has 5 rings (SSSR count). The van der Waals surface area contributed by atoms with Gasteiger partial charge in [0.2, 0.25) is 12.5 Å². The molecule has 0 fully saturated rings. The lowest BCUT2D eigenvalue weighted by Crippen LogP contribution is -2.30. The number of fused-ring (bicyclic) bond motifs is 3. The first-order valence-corrected chi connectivity index (χ1v) is 16.4. The van der Waals surface area contributed by atoms with Crippen molar-refractivity contribution >= 4 is 23.6 Å². The molecule has 1 atom stereocenters. The number of aromatic nitrogens is 1. The Balaban J connectivity index is 1.39. The van der Waals surface area contributed by atoms with Crippen LogP contribution in [0.4, 0.5) is 0 Å². The molecule has 0 aliphatic heterocycles. The van der Waals surface area contributed by atoms with Crippen molar-refractivity contribution in [1.29, 1.82) is 0 Å². The van der Waals surface area contributed by atoms with Crippen molar-refractivity contribution in [2.75, 3.05) is 34.4 Å². The highest BCUT2D eigenvalue weighted by Gasteiger charge is 2.30. The predicted molar refractivity (Wildman–Crippen MR) is 181 cm³/mol. The number of pyridine rings is 1. The maximum absolute atomic E-state index is 13.7. The second-order valence-electron chi connectivity index (χ2n) is 10.8. The van der Waals surface area contributed by atoms with Crippen molar-refractivity contribution in [2.45, 2.75) is 30.4 Å². The zero-order chi connectivity index (χ0) is 35.8. The summed E-state index contributed by atoms with van der Waals surface area (Å²) < 4.78 is 27.6. The van der Waals surface area contributed by atoms with Crippen LogP contribution >= 0.6 is 11.8 Å². The third-order valence-corrected chi connectivity index (χ3v) is 8.65. The van der Waals surface area contributed by atoms with E-state index in [4.69, 9.17) is 23.7 Å². The lowest BCUT2D eigenvalue weighted by Gasteiger charge is -2.20. The summed E-state index contributed by atoms with van der Waals surface area (Å²) in [6.45, 7) is -0.885. The Bertz CT molecular complexity index is 1990. The first kappa shape index (κ1) is 35.5. The third kappa shape index (κ3) is 7.89. The number of aryl methyl sites for hydroxylation is 1. The van der Waals surface area contributed by atoms with Crippen LogP contribution < -0.4 is 29.7 Å². The quantitative estimate of drug-likeness (QED) is 0.0635. The minimum atomic E-state index is -0.996. The van der Waals surface area contributed by atoms with Crippen LogP contribution in [0.3, 0.4) is 0 Å². The minimum Gasteiger partial charge on any atom is -0.493 e. The Labute approximate surface area is 290 Å². The Morgan fingerprint density at radius 3 is 2.50 bits per heavy atom. The van der Waals surface area contributed by atoms with Crippen molar-refractivity contribution in [2.24, 2.45) is 0 Å². The van der Waals surface area contributed by atoms with E-state index in [-0.39, 0.29) is 29.0 Å². The fourth-order valence-electron chi connectivity index (χ4n) is 5.61. The van der Waals surface area contributed by atoms with E-state index in [1.165, 1.54) is 56.3 Å². The van der Waals surface area contributed by atoms with Crippen LogP contribution in [0.15, 0.2) is 76.4 Å². The average Bonchev–Trinajstić information content (AvgIpc) is 3.37. The van der Waals surface area contributed by atoms with Crippen LogP contribution in [-0.2, 0) is 22.6 Å². The molecule has 1 N–H and O–H groups in total. The zero-order valence-corrected chi connectivity index (χ0v) is 28.4. The number of esters is 1. The lowest BCUT2D eigenvalue weighted by atomic mass is 9.95. The number of hydrogen-bond acceptors (Lipinski definition) is 13. The molecule has 1 aromatic heterocycles. The van der Waals surface area contributed by atoms with Gasteiger partial charge in [-0.05, 0) is 84.3 Å². The van der Waals surface area contributed by atoms with Crippen molar-refractivity contribution in [3.8, 4) is 34.1 Å². The van der Waals surface area contributed by atoms with E-state index in [2.05, 4.69) is 15.1 Å². The monoisotopic (exact) mass is 703 g/mol. The van der Waals surface area contributed by atoms with Crippen molar-refractivity contribution in [3.63, 3.8) is 0 Å². The highest BCUT2D eigenvalue weighted by molar-refractivity contribution is 7.98. The maximum atomic E-state index is 13.7. The van der Waals surface area contributed by atoms with Crippen LogP contribution in [0.1, 0.15) is 50.1 Å². The minimum absolute atomic E-state index is 0.0800. The molecule has 15 heteroatoms. The zero-order valence-electron chi connectivity index (χ0n) is 27.6. The molecule has 0 saturated carbocycles. The van der Waals surface area contributed by atoms with E-state index in [0.717, 1.165) is 11.1 Å². The number of thioether (sulfide) groups is 1. The summed E-state index contributed by atoms with van der Waals surface area (Å²) in [6.07, 6.45) is 2.78. The number of rotatable bonds is 13. The van der Waals surface area contributed by atoms with Gasteiger partial charge in [0.05, 0.1) is 43.5 Å². The topological polar surface area (TPSA) is 175 Å². The van der Waals surface area contributed by atoms with E-state index < -0.39 is 29.8 Å². The van der Waals surface area contributed by atoms with Gasteiger partial charge in [-0.25, -0.2) is 9.78 Å². The SMILES string of the molecule is COc1cc2c(c(OC)c1OC)-c1ccc(SC)c(=O)cc1[C@@H](NC(=O)c1cccc(COC(=O)c3cccc(OCO[N+](=O)[O-])c3)n1)CC2. The molecule has 0 radical (unpaired) electrons. The van der Waals surface area contributed by atoms with Gasteiger partial charge in [-0.15, -0.1) is 21.9 Å². The van der Waals surface area contributed by atoms with Crippen molar-refractivity contribution in [3.05, 3.63) is 115 Å². The summed E-state index contributed by atoms with van der Waals surface area (Å²) in [5.41, 5.74) is 3.28. The van der Waals surface area contributed by atoms with E-state index in [0.29, 0.717) is 51.8 Å². The molecule has 0 bridgehead atoms. The molecule has 1 heterocycles. The first-order valence-electron chi connectivity index (χ1n) is 15.2. The number of nitrogens with one attached hydrogen (secondary N) is 1. The van der Waals surface area contributed by atoms with E-state index >= 15 is 0 Å². The maximum Gasteiger partial charge on any atom is 0.338 e. The molecule has 1 aliphatic rings. The second kappa shape index (κ2) is 16.0. The largest absolute Gasteiger partial charge is 0.493 e. The molecular weight excluding hydrogens is 670 g/mol. The molecule has 3 aromatic carbocycles. The third-order valence-electron chi connectivity index (χ3n) is 7.87. The fourth-order valence-corrected chi connectivity index (χ4v) is 6.07. The number of benzene rings is 2. The number of nitrogens with zero attached hydrogens (tertiary/aromatic N) is 2. The number of hydrogen-bond donors (Lipinski definition) is 1. The highest BCUT2D eigenvalue weighted by Crippen LogP contribution is 2.50. The van der Waals surface area contributed by atoms with Gasteiger partial charge in [-0.3, -0.25) is 14.4 Å². The van der Waals surface area contributed by atoms with Crippen molar-refractivity contribution < 1.29 is 43.2 Å². The summed E-state index contributed by atoms with van der Waals surface area (Å²) in [7, 11) is 4.60. The van der Waals surface area contributed by atoms with Gasteiger partial charge in [0.15, 0.2) is 16.9 Å². The van der Waals surface area contributed by atoms with Gasteiger partial charge in [-0.1, -0.05) is 18.2 Å². The van der Waals surface area contributed by atoms with Gasteiger partial charge in [0, 0.05) is 5.56 Å². The molecule has 14 nitrogen and oxygen atoms in total. The molecule has 260 valence electrons. The number of ether oxygens (including phenoxy) is 5. The van der Waals surface area contributed by atoms with Gasteiger partial charge >= 0.3 is 5.97 Å². The van der Waals surface area contributed by atoms with Gasteiger partial charge in [0.25, 0.3) is 11.0 Å². The molecule has 1 aliphatic carbocycles. The van der Waals surface area contributed by atoms with Crippen LogP contribution in [0.5, 0.6) is 23.0 Å². The Kier molecular flexibility index (Phi) is 11.4. The number of carbonyl (C=O) groups excluding carboxylic acids is 2. The fraction of sp³-hybridized carbons (Fsp3) is 0.257. The Morgan fingerprint density at radius 2 is 1.78 bits per heavy atom. The summed E-state index contributed by atoms with van der Waals surface area (Å²) in [5.74, 6) is 0.323. The summed E-state index contributed by atoms with van der Waals surface area (Å²) in [6, 6.07) is 17.1. The average molecular weight is 704 g/mol. The predicted octanol–water partition coefficient (Wildman–Crippen LogP) is 5.18. The number of amides is 1. The van der Waals surface area contributed by atoms with E-state index in [9.17, 15) is 24.5 Å². The van der Waals surface area contributed by atoms with Gasteiger partial charge in [-0.2, -0.15) is 0 Å². The molecule has 0 spiro atoms. The van der Waals surface area contributed by atoms with Crippen LogP contribution in [0, 0.1) is 10.1 Å². The molecule has 0 saturated heterocycles. The molecule has 50 heavy (non-hydrogen) atoms. The van der Waals surface area contributed by atoms with Crippen LogP contribution in [-0.4, -0.2) is 56.3 Å². The van der Waals surface area contributed by atoms with E-state index in [1.54, 1.807) is 31.4 Å². The summed E-state index contributed by atoms with van der Waals surface area (Å²) >= 11 is 1.33. The van der Waals surface area contributed by atoms with Gasteiger partial charge < -0.3 is 29.0 Å². The highest BCUT2D eigenvalue weighted by atomic mass is 32.2. The molecule has 4 aromatic rings. The number of methoxy groups -OCH3 is 3. The van der Waals surface area contributed by atoms with Gasteiger partial charge in [0.1, 0.15) is 18.1 Å². The van der Waals surface area contributed by atoms with Crippen LogP contribution in [0.2, 0.25) is 0 Å². The van der Waals surface area contributed by atoms with E-state index in [1.807, 2.05) is 18.4 Å². The Hall–Kier alpha value is -5.83. The molecular formula is C35H33N3O11S. The second-order valence-corrected chi connectivity index (χ2v) is 11.6. The molecule has 1 amide bonds. The normalized spacial score (nSPS) is 13.1. The summed E-state index contributed by atoms with van der Waals surface area (Å²) in [5, 5.41) is 12.4. The van der Waals surface area contributed by atoms with Crippen molar-refractivity contribution in [1.82, 2.24) is 10.3 Å².